The largest absolute Gasteiger partial charge is 0.316 e. The summed E-state index contributed by atoms with van der Waals surface area (Å²) < 4.78 is 0. The minimum atomic E-state index is 0.613. The van der Waals surface area contributed by atoms with Crippen LogP contribution in [0.2, 0.25) is 0 Å². The molecule has 1 saturated heterocycles. The van der Waals surface area contributed by atoms with Crippen molar-refractivity contribution in [2.45, 2.75) is 38.1 Å². The maximum atomic E-state index is 3.68. The van der Waals surface area contributed by atoms with Gasteiger partial charge in [0, 0.05) is 19.1 Å². The first-order valence-corrected chi connectivity index (χ1v) is 7.82. The standard InChI is InChI=1S/C17H26N2/c1-14(16-5-3-2-4-6-16)11-18-12-15-9-10-19(13-15)17-7-8-17/h2-6,14-15,17-18H,7-13H2,1H3. The molecule has 1 aliphatic carbocycles. The Bertz CT molecular complexity index is 386. The monoisotopic (exact) mass is 258 g/mol. The van der Waals surface area contributed by atoms with Gasteiger partial charge in [0.25, 0.3) is 0 Å². The zero-order valence-corrected chi connectivity index (χ0v) is 12.0. The second-order valence-electron chi connectivity index (χ2n) is 6.35. The highest BCUT2D eigenvalue weighted by Crippen LogP contribution is 2.31. The van der Waals surface area contributed by atoms with Gasteiger partial charge in [0.05, 0.1) is 0 Å². The van der Waals surface area contributed by atoms with E-state index >= 15 is 0 Å². The van der Waals surface area contributed by atoms with Gasteiger partial charge in [-0.2, -0.15) is 0 Å². The summed E-state index contributed by atoms with van der Waals surface area (Å²) in [5.41, 5.74) is 1.45. The number of nitrogens with one attached hydrogen (secondary N) is 1. The fourth-order valence-corrected chi connectivity index (χ4v) is 3.20. The highest BCUT2D eigenvalue weighted by atomic mass is 15.2. The van der Waals surface area contributed by atoms with Crippen molar-refractivity contribution in [3.63, 3.8) is 0 Å². The molecule has 2 heteroatoms. The molecule has 1 aliphatic heterocycles. The third-order valence-electron chi connectivity index (χ3n) is 4.63. The number of hydrogen-bond donors (Lipinski definition) is 1. The Hall–Kier alpha value is -0.860. The van der Waals surface area contributed by atoms with E-state index in [0.717, 1.165) is 18.5 Å². The molecule has 2 atom stereocenters. The van der Waals surface area contributed by atoms with Crippen molar-refractivity contribution < 1.29 is 0 Å². The molecule has 0 radical (unpaired) electrons. The van der Waals surface area contributed by atoms with Gasteiger partial charge in [0.2, 0.25) is 0 Å². The summed E-state index contributed by atoms with van der Waals surface area (Å²) in [5.74, 6) is 1.49. The number of likely N-dealkylation sites (tertiary alicyclic amines) is 1. The summed E-state index contributed by atoms with van der Waals surface area (Å²) in [5, 5.41) is 3.68. The summed E-state index contributed by atoms with van der Waals surface area (Å²) in [7, 11) is 0. The van der Waals surface area contributed by atoms with Crippen LogP contribution in [0.25, 0.3) is 0 Å². The minimum Gasteiger partial charge on any atom is -0.316 e. The van der Waals surface area contributed by atoms with Crippen molar-refractivity contribution >= 4 is 0 Å². The van der Waals surface area contributed by atoms with E-state index in [2.05, 4.69) is 47.5 Å². The molecule has 0 spiro atoms. The van der Waals surface area contributed by atoms with E-state index in [9.17, 15) is 0 Å². The van der Waals surface area contributed by atoms with Crippen LogP contribution in [0.1, 0.15) is 37.7 Å². The van der Waals surface area contributed by atoms with Crippen LogP contribution in [0.3, 0.4) is 0 Å². The molecule has 0 bridgehead atoms. The molecular weight excluding hydrogens is 232 g/mol. The fraction of sp³-hybridized carbons (Fsp3) is 0.647. The van der Waals surface area contributed by atoms with Crippen molar-refractivity contribution in [1.29, 1.82) is 0 Å². The molecule has 1 heterocycles. The Morgan fingerprint density at radius 1 is 1.21 bits per heavy atom. The summed E-state index contributed by atoms with van der Waals surface area (Å²) in [6, 6.07) is 11.8. The van der Waals surface area contributed by atoms with Gasteiger partial charge in [-0.05, 0) is 49.8 Å². The SMILES string of the molecule is CC(CNCC1CCN(C2CC2)C1)c1ccccc1. The number of hydrogen-bond acceptors (Lipinski definition) is 2. The van der Waals surface area contributed by atoms with Crippen LogP contribution in [-0.2, 0) is 0 Å². The summed E-state index contributed by atoms with van der Waals surface area (Å²) in [6.07, 6.45) is 4.29. The van der Waals surface area contributed by atoms with E-state index in [1.165, 1.54) is 44.5 Å². The quantitative estimate of drug-likeness (QED) is 0.844. The summed E-state index contributed by atoms with van der Waals surface area (Å²) >= 11 is 0. The summed E-state index contributed by atoms with van der Waals surface area (Å²) in [6.45, 7) is 7.28. The molecule has 3 rings (SSSR count). The third kappa shape index (κ3) is 3.58. The van der Waals surface area contributed by atoms with E-state index in [1.54, 1.807) is 0 Å². The van der Waals surface area contributed by atoms with Crippen molar-refractivity contribution in [3.8, 4) is 0 Å². The Morgan fingerprint density at radius 2 is 2.00 bits per heavy atom. The molecule has 1 saturated carbocycles. The predicted molar refractivity (Wildman–Crippen MR) is 80.4 cm³/mol. The molecule has 1 N–H and O–H groups in total. The van der Waals surface area contributed by atoms with Crippen molar-refractivity contribution in [2.75, 3.05) is 26.2 Å². The van der Waals surface area contributed by atoms with Crippen molar-refractivity contribution in [1.82, 2.24) is 10.2 Å². The second-order valence-corrected chi connectivity index (χ2v) is 6.35. The Kier molecular flexibility index (Phi) is 4.19. The topological polar surface area (TPSA) is 15.3 Å². The Morgan fingerprint density at radius 3 is 2.74 bits per heavy atom. The predicted octanol–water partition coefficient (Wildman–Crippen LogP) is 2.86. The molecule has 2 nitrogen and oxygen atoms in total. The average Bonchev–Trinajstić information content (AvgIpc) is 3.20. The normalized spacial score (nSPS) is 25.6. The molecule has 1 aromatic rings. The van der Waals surface area contributed by atoms with Gasteiger partial charge < -0.3 is 10.2 Å². The fourth-order valence-electron chi connectivity index (χ4n) is 3.20. The molecule has 2 aliphatic rings. The first-order valence-electron chi connectivity index (χ1n) is 7.82. The second kappa shape index (κ2) is 6.06. The number of benzene rings is 1. The molecule has 19 heavy (non-hydrogen) atoms. The first kappa shape index (κ1) is 13.1. The Labute approximate surface area is 117 Å². The van der Waals surface area contributed by atoms with Crippen molar-refractivity contribution in [2.24, 2.45) is 5.92 Å². The molecule has 2 unspecified atom stereocenters. The van der Waals surface area contributed by atoms with Crippen LogP contribution in [0.4, 0.5) is 0 Å². The lowest BCUT2D eigenvalue weighted by atomic mass is 10.0. The molecular formula is C17H26N2. The van der Waals surface area contributed by atoms with Crippen LogP contribution < -0.4 is 5.32 Å². The van der Waals surface area contributed by atoms with Crippen molar-refractivity contribution in [3.05, 3.63) is 35.9 Å². The summed E-state index contributed by atoms with van der Waals surface area (Å²) in [4.78, 5) is 2.70. The van der Waals surface area contributed by atoms with E-state index in [1.807, 2.05) is 0 Å². The number of nitrogens with zero attached hydrogens (tertiary/aromatic N) is 1. The van der Waals surface area contributed by atoms with Crippen LogP contribution in [-0.4, -0.2) is 37.1 Å². The average molecular weight is 258 g/mol. The third-order valence-corrected chi connectivity index (χ3v) is 4.63. The lowest BCUT2D eigenvalue weighted by Crippen LogP contribution is -2.29. The zero-order valence-electron chi connectivity index (χ0n) is 12.0. The zero-order chi connectivity index (χ0) is 13.1. The minimum absolute atomic E-state index is 0.613. The van der Waals surface area contributed by atoms with Gasteiger partial charge in [-0.15, -0.1) is 0 Å². The van der Waals surface area contributed by atoms with Gasteiger partial charge in [0.1, 0.15) is 0 Å². The smallest absolute Gasteiger partial charge is 0.00965 e. The highest BCUT2D eigenvalue weighted by Gasteiger charge is 2.33. The lowest BCUT2D eigenvalue weighted by Gasteiger charge is -2.17. The molecule has 2 fully saturated rings. The van der Waals surface area contributed by atoms with Crippen LogP contribution in [0.5, 0.6) is 0 Å². The van der Waals surface area contributed by atoms with Gasteiger partial charge in [-0.3, -0.25) is 0 Å². The van der Waals surface area contributed by atoms with Gasteiger partial charge in [-0.25, -0.2) is 0 Å². The van der Waals surface area contributed by atoms with E-state index in [0.29, 0.717) is 5.92 Å². The van der Waals surface area contributed by atoms with Gasteiger partial charge in [-0.1, -0.05) is 37.3 Å². The maximum absolute atomic E-state index is 3.68. The molecule has 1 aromatic carbocycles. The van der Waals surface area contributed by atoms with E-state index in [4.69, 9.17) is 0 Å². The highest BCUT2D eigenvalue weighted by molar-refractivity contribution is 5.18. The van der Waals surface area contributed by atoms with Crippen LogP contribution in [0.15, 0.2) is 30.3 Å². The molecule has 0 aromatic heterocycles. The van der Waals surface area contributed by atoms with Crippen LogP contribution in [0, 0.1) is 5.92 Å². The Balaban J connectivity index is 1.36. The van der Waals surface area contributed by atoms with Gasteiger partial charge >= 0.3 is 0 Å². The van der Waals surface area contributed by atoms with E-state index in [-0.39, 0.29) is 0 Å². The maximum Gasteiger partial charge on any atom is 0.00965 e. The van der Waals surface area contributed by atoms with E-state index < -0.39 is 0 Å². The van der Waals surface area contributed by atoms with Crippen LogP contribution >= 0.6 is 0 Å². The molecule has 0 amide bonds. The lowest BCUT2D eigenvalue weighted by molar-refractivity contribution is 0.311. The van der Waals surface area contributed by atoms with Gasteiger partial charge in [0.15, 0.2) is 0 Å². The first-order chi connectivity index (χ1) is 9.33. The molecule has 104 valence electrons. The number of rotatable bonds is 6.